The SMILES string of the molecule is CCCc1cc(C)cc(NC(=O)c2cc(N3CCCS3(=O)=O)ncc2C)c1. The van der Waals surface area contributed by atoms with Crippen molar-refractivity contribution >= 4 is 27.4 Å². The first kappa shape index (κ1) is 19.4. The van der Waals surface area contributed by atoms with Gasteiger partial charge in [-0.25, -0.2) is 13.4 Å². The van der Waals surface area contributed by atoms with Crippen molar-refractivity contribution in [2.24, 2.45) is 0 Å². The van der Waals surface area contributed by atoms with Crippen molar-refractivity contribution in [3.05, 3.63) is 52.7 Å². The number of aromatic nitrogens is 1. The highest BCUT2D eigenvalue weighted by atomic mass is 32.2. The van der Waals surface area contributed by atoms with Crippen molar-refractivity contribution in [2.45, 2.75) is 40.0 Å². The predicted octanol–water partition coefficient (Wildman–Crippen LogP) is 3.44. The molecule has 27 heavy (non-hydrogen) atoms. The molecule has 7 heteroatoms. The minimum absolute atomic E-state index is 0.119. The molecular formula is C20H25N3O3S. The van der Waals surface area contributed by atoms with Crippen LogP contribution >= 0.6 is 0 Å². The number of sulfonamides is 1. The van der Waals surface area contributed by atoms with Crippen LogP contribution in [-0.4, -0.2) is 31.6 Å². The van der Waals surface area contributed by atoms with Crippen LogP contribution in [0.1, 0.15) is 46.8 Å². The molecule has 0 bridgehead atoms. The van der Waals surface area contributed by atoms with E-state index in [2.05, 4.69) is 23.3 Å². The van der Waals surface area contributed by atoms with Crippen LogP contribution in [0.5, 0.6) is 0 Å². The molecular weight excluding hydrogens is 362 g/mol. The molecule has 1 aliphatic rings. The van der Waals surface area contributed by atoms with Gasteiger partial charge in [-0.1, -0.05) is 19.4 Å². The maximum absolute atomic E-state index is 12.8. The number of carbonyl (C=O) groups excluding carboxylic acids is 1. The van der Waals surface area contributed by atoms with Crippen LogP contribution in [0.4, 0.5) is 11.5 Å². The van der Waals surface area contributed by atoms with Crippen molar-refractivity contribution in [2.75, 3.05) is 21.9 Å². The molecule has 0 atom stereocenters. The van der Waals surface area contributed by atoms with Gasteiger partial charge in [-0.05, 0) is 61.6 Å². The smallest absolute Gasteiger partial charge is 0.256 e. The summed E-state index contributed by atoms with van der Waals surface area (Å²) in [5, 5.41) is 2.94. The van der Waals surface area contributed by atoms with Crippen molar-refractivity contribution in [3.8, 4) is 0 Å². The third-order valence-electron chi connectivity index (χ3n) is 4.62. The Hall–Kier alpha value is -2.41. The lowest BCUT2D eigenvalue weighted by Gasteiger charge is -2.17. The molecule has 1 N–H and O–H groups in total. The highest BCUT2D eigenvalue weighted by molar-refractivity contribution is 7.93. The Kier molecular flexibility index (Phi) is 5.51. The van der Waals surface area contributed by atoms with Crippen molar-refractivity contribution in [1.82, 2.24) is 4.98 Å². The van der Waals surface area contributed by atoms with Crippen LogP contribution in [-0.2, 0) is 16.4 Å². The second-order valence-electron chi connectivity index (χ2n) is 7.01. The van der Waals surface area contributed by atoms with E-state index in [0.717, 1.165) is 24.1 Å². The number of rotatable bonds is 5. The number of carbonyl (C=O) groups is 1. The highest BCUT2D eigenvalue weighted by Crippen LogP contribution is 2.25. The van der Waals surface area contributed by atoms with E-state index >= 15 is 0 Å². The van der Waals surface area contributed by atoms with Gasteiger partial charge in [0.05, 0.1) is 5.75 Å². The summed E-state index contributed by atoms with van der Waals surface area (Å²) in [5.74, 6) is 0.160. The zero-order chi connectivity index (χ0) is 19.6. The van der Waals surface area contributed by atoms with Crippen LogP contribution in [0.25, 0.3) is 0 Å². The Morgan fingerprint density at radius 1 is 1.22 bits per heavy atom. The fraction of sp³-hybridized carbons (Fsp3) is 0.400. The van der Waals surface area contributed by atoms with E-state index in [1.807, 2.05) is 19.1 Å². The molecule has 0 aliphatic carbocycles. The molecule has 2 heterocycles. The van der Waals surface area contributed by atoms with Gasteiger partial charge >= 0.3 is 0 Å². The minimum Gasteiger partial charge on any atom is -0.322 e. The zero-order valence-electron chi connectivity index (χ0n) is 15.9. The average molecular weight is 388 g/mol. The van der Waals surface area contributed by atoms with Gasteiger partial charge in [-0.3, -0.25) is 9.10 Å². The summed E-state index contributed by atoms with van der Waals surface area (Å²) in [7, 11) is -3.33. The first-order chi connectivity index (χ1) is 12.8. The van der Waals surface area contributed by atoms with Gasteiger partial charge in [0.15, 0.2) is 0 Å². The quantitative estimate of drug-likeness (QED) is 0.852. The fourth-order valence-corrected chi connectivity index (χ4v) is 4.86. The maximum atomic E-state index is 12.8. The summed E-state index contributed by atoms with van der Waals surface area (Å²) < 4.78 is 25.6. The lowest BCUT2D eigenvalue weighted by molar-refractivity contribution is 0.102. The molecule has 2 aromatic rings. The first-order valence-electron chi connectivity index (χ1n) is 9.19. The van der Waals surface area contributed by atoms with E-state index in [0.29, 0.717) is 29.9 Å². The van der Waals surface area contributed by atoms with E-state index in [1.54, 1.807) is 19.2 Å². The van der Waals surface area contributed by atoms with Crippen molar-refractivity contribution < 1.29 is 13.2 Å². The Balaban J connectivity index is 1.88. The first-order valence-corrected chi connectivity index (χ1v) is 10.8. The third kappa shape index (κ3) is 4.30. The summed E-state index contributed by atoms with van der Waals surface area (Å²) >= 11 is 0. The van der Waals surface area contributed by atoms with Crippen LogP contribution in [0.3, 0.4) is 0 Å². The predicted molar refractivity (Wildman–Crippen MR) is 108 cm³/mol. The molecule has 6 nitrogen and oxygen atoms in total. The van der Waals surface area contributed by atoms with E-state index in [1.165, 1.54) is 9.87 Å². The van der Waals surface area contributed by atoms with Crippen LogP contribution in [0.2, 0.25) is 0 Å². The zero-order valence-corrected chi connectivity index (χ0v) is 16.8. The lowest BCUT2D eigenvalue weighted by atomic mass is 10.1. The number of amides is 1. The number of pyridine rings is 1. The van der Waals surface area contributed by atoms with E-state index in [-0.39, 0.29) is 11.7 Å². The Labute approximate surface area is 160 Å². The summed E-state index contributed by atoms with van der Waals surface area (Å²) in [5.41, 5.74) is 4.15. The molecule has 0 saturated carbocycles. The van der Waals surface area contributed by atoms with E-state index in [9.17, 15) is 13.2 Å². The largest absolute Gasteiger partial charge is 0.322 e. The van der Waals surface area contributed by atoms with Crippen LogP contribution in [0.15, 0.2) is 30.5 Å². The number of nitrogens with one attached hydrogen (secondary N) is 1. The Morgan fingerprint density at radius 2 is 2.00 bits per heavy atom. The number of anilines is 2. The number of aryl methyl sites for hydroxylation is 3. The number of hydrogen-bond donors (Lipinski definition) is 1. The second-order valence-corrected chi connectivity index (χ2v) is 9.02. The molecule has 144 valence electrons. The van der Waals surface area contributed by atoms with Gasteiger partial charge in [-0.15, -0.1) is 0 Å². The summed E-state index contributed by atoms with van der Waals surface area (Å²) in [6, 6.07) is 7.60. The summed E-state index contributed by atoms with van der Waals surface area (Å²) in [6.07, 6.45) is 4.11. The van der Waals surface area contributed by atoms with Crippen molar-refractivity contribution in [3.63, 3.8) is 0 Å². The number of hydrogen-bond acceptors (Lipinski definition) is 4. The summed E-state index contributed by atoms with van der Waals surface area (Å²) in [6.45, 7) is 6.32. The van der Waals surface area contributed by atoms with E-state index < -0.39 is 10.0 Å². The van der Waals surface area contributed by atoms with Crippen LogP contribution in [0, 0.1) is 13.8 Å². The summed E-state index contributed by atoms with van der Waals surface area (Å²) in [4.78, 5) is 17.1. The monoisotopic (exact) mass is 387 g/mol. The van der Waals surface area contributed by atoms with Gasteiger partial charge in [-0.2, -0.15) is 0 Å². The molecule has 1 saturated heterocycles. The van der Waals surface area contributed by atoms with Gasteiger partial charge < -0.3 is 5.32 Å². The molecule has 1 aromatic carbocycles. The van der Waals surface area contributed by atoms with E-state index in [4.69, 9.17) is 0 Å². The second kappa shape index (κ2) is 7.68. The minimum atomic E-state index is -3.33. The molecule has 0 unspecified atom stereocenters. The molecule has 1 amide bonds. The standard InChI is InChI=1S/C20H25N3O3S/c1-4-6-16-9-14(2)10-17(11-16)22-20(24)18-12-19(21-13-15(18)3)23-7-5-8-27(23,25)26/h9-13H,4-8H2,1-3H3,(H,22,24). The number of benzene rings is 1. The maximum Gasteiger partial charge on any atom is 0.256 e. The molecule has 0 spiro atoms. The normalized spacial score (nSPS) is 15.7. The van der Waals surface area contributed by atoms with Gasteiger partial charge in [0, 0.05) is 24.0 Å². The Bertz CT molecular complexity index is 970. The highest BCUT2D eigenvalue weighted by Gasteiger charge is 2.30. The molecule has 1 fully saturated rings. The topological polar surface area (TPSA) is 79.4 Å². The molecule has 1 aromatic heterocycles. The molecule has 0 radical (unpaired) electrons. The fourth-order valence-electron chi connectivity index (χ4n) is 3.36. The van der Waals surface area contributed by atoms with Gasteiger partial charge in [0.1, 0.15) is 5.82 Å². The molecule has 1 aliphatic heterocycles. The lowest BCUT2D eigenvalue weighted by Crippen LogP contribution is -2.26. The average Bonchev–Trinajstić information content (AvgIpc) is 2.94. The third-order valence-corrected chi connectivity index (χ3v) is 6.47. The van der Waals surface area contributed by atoms with Gasteiger partial charge in [0.2, 0.25) is 10.0 Å². The van der Waals surface area contributed by atoms with Crippen molar-refractivity contribution in [1.29, 1.82) is 0 Å². The number of nitrogens with zero attached hydrogens (tertiary/aromatic N) is 2. The Morgan fingerprint density at radius 3 is 2.67 bits per heavy atom. The van der Waals surface area contributed by atoms with Crippen LogP contribution < -0.4 is 9.62 Å². The van der Waals surface area contributed by atoms with Gasteiger partial charge in [0.25, 0.3) is 5.91 Å². The molecule has 3 rings (SSSR count).